The summed E-state index contributed by atoms with van der Waals surface area (Å²) in [7, 11) is -5.18. The molecule has 17 heteroatoms. The van der Waals surface area contributed by atoms with Crippen LogP contribution in [0.3, 0.4) is 0 Å². The van der Waals surface area contributed by atoms with Crippen LogP contribution in [0.15, 0.2) is 57.6 Å². The van der Waals surface area contributed by atoms with Crippen LogP contribution in [0.25, 0.3) is 0 Å². The number of amides is 1. The van der Waals surface area contributed by atoms with Crippen molar-refractivity contribution in [1.29, 1.82) is 0 Å². The summed E-state index contributed by atoms with van der Waals surface area (Å²) in [5, 5.41) is 10.2. The van der Waals surface area contributed by atoms with Crippen molar-refractivity contribution in [2.45, 2.75) is 17.9 Å². The van der Waals surface area contributed by atoms with Gasteiger partial charge in [-0.05, 0) is 54.5 Å². The van der Waals surface area contributed by atoms with Gasteiger partial charge < -0.3 is 19.3 Å². The van der Waals surface area contributed by atoms with Gasteiger partial charge in [0.1, 0.15) is 11.5 Å². The fraction of sp³-hybridized carbons (Fsp3) is 0.300. The predicted octanol–water partition coefficient (Wildman–Crippen LogP) is -1.53. The average Bonchev–Trinajstić information content (AvgIpc) is 2.81. The molecular formula is C20H23N4NaO9S3. The molecule has 0 saturated carbocycles. The van der Waals surface area contributed by atoms with E-state index in [4.69, 9.17) is 9.47 Å². The summed E-state index contributed by atoms with van der Waals surface area (Å²) < 4.78 is 62.8. The molecule has 2 atom stereocenters. The van der Waals surface area contributed by atoms with Crippen LogP contribution in [0.5, 0.6) is 11.5 Å². The Hall–Kier alpha value is -2.02. The SMILES string of the molecule is COc1ccc(NC(=O)[C@@H](N=Nc2ccc(S(=O)(=O)NCCOS(=O)([O-])=S)cc2)C(C)=O)c(OC)c1.[Na+]. The third kappa shape index (κ3) is 10.7. The summed E-state index contributed by atoms with van der Waals surface area (Å²) >= 11 is 4.02. The second-order valence-corrected chi connectivity index (χ2v) is 10.9. The Morgan fingerprint density at radius 1 is 1.08 bits per heavy atom. The van der Waals surface area contributed by atoms with Crippen molar-refractivity contribution in [2.24, 2.45) is 10.2 Å². The number of benzene rings is 2. The Kier molecular flexibility index (Phi) is 13.2. The number of carbonyl (C=O) groups is 2. The normalized spacial score (nSPS) is 13.7. The summed E-state index contributed by atoms with van der Waals surface area (Å²) in [6.07, 6.45) is 0. The molecule has 0 heterocycles. The van der Waals surface area contributed by atoms with Gasteiger partial charge in [-0.15, -0.1) is 0 Å². The first-order chi connectivity index (χ1) is 16.9. The van der Waals surface area contributed by atoms with Gasteiger partial charge in [0.05, 0.1) is 46.2 Å². The Morgan fingerprint density at radius 3 is 2.27 bits per heavy atom. The molecule has 196 valence electrons. The molecule has 0 saturated heterocycles. The van der Waals surface area contributed by atoms with Crippen molar-refractivity contribution in [1.82, 2.24) is 4.72 Å². The molecule has 2 aromatic rings. The van der Waals surface area contributed by atoms with E-state index < -0.39 is 43.4 Å². The standard InChI is InChI=1S/C20H24N4O9S3.Na/c1-13(25)19(20(26)22-17-9-6-15(31-2)12-18(17)32-3)24-23-14-4-7-16(8-5-14)35(27,28)21-10-11-33-36(29,30)34;/h4-9,12,19,21H,10-11H2,1-3H3,(H,22,26)(H,29,30,34);/q;+1/p-1/t19-;/m0./s1. The van der Waals surface area contributed by atoms with Gasteiger partial charge in [-0.3, -0.25) is 13.8 Å². The predicted molar refractivity (Wildman–Crippen MR) is 131 cm³/mol. The van der Waals surface area contributed by atoms with Crippen LogP contribution < -0.4 is 49.1 Å². The molecule has 0 spiro atoms. The third-order valence-corrected chi connectivity index (χ3v) is 6.58. The molecule has 0 bridgehead atoms. The average molecular weight is 583 g/mol. The molecule has 13 nitrogen and oxygen atoms in total. The van der Waals surface area contributed by atoms with Crippen molar-refractivity contribution >= 4 is 53.3 Å². The molecule has 2 aromatic carbocycles. The Morgan fingerprint density at radius 2 is 1.73 bits per heavy atom. The molecule has 37 heavy (non-hydrogen) atoms. The van der Waals surface area contributed by atoms with Gasteiger partial charge >= 0.3 is 29.6 Å². The fourth-order valence-electron chi connectivity index (χ4n) is 2.64. The van der Waals surface area contributed by atoms with E-state index in [0.29, 0.717) is 17.2 Å². The van der Waals surface area contributed by atoms with Crippen LogP contribution in [0, 0.1) is 0 Å². The summed E-state index contributed by atoms with van der Waals surface area (Å²) in [5.74, 6) is -0.507. The van der Waals surface area contributed by atoms with E-state index in [0.717, 1.165) is 0 Å². The molecule has 0 aliphatic heterocycles. The maximum absolute atomic E-state index is 12.7. The Bertz CT molecular complexity index is 1340. The van der Waals surface area contributed by atoms with Crippen molar-refractivity contribution in [3.05, 3.63) is 42.5 Å². The van der Waals surface area contributed by atoms with E-state index in [1.165, 1.54) is 45.4 Å². The van der Waals surface area contributed by atoms with Crippen LogP contribution in [0.2, 0.25) is 0 Å². The Labute approximate surface area is 241 Å². The number of nitrogens with one attached hydrogen (secondary N) is 2. The van der Waals surface area contributed by atoms with E-state index >= 15 is 0 Å². The molecular weight excluding hydrogens is 559 g/mol. The van der Waals surface area contributed by atoms with Crippen LogP contribution in [0.1, 0.15) is 6.92 Å². The number of rotatable bonds is 13. The first-order valence-corrected chi connectivity index (χ1v) is 13.8. The molecule has 0 fully saturated rings. The fourth-order valence-corrected chi connectivity index (χ4v) is 4.15. The first-order valence-electron chi connectivity index (χ1n) is 10.0. The molecule has 0 aromatic heterocycles. The third-order valence-electron chi connectivity index (χ3n) is 4.36. The second-order valence-electron chi connectivity index (χ2n) is 6.91. The number of nitrogens with zero attached hydrogens (tertiary/aromatic N) is 2. The van der Waals surface area contributed by atoms with Crippen LogP contribution in [0.4, 0.5) is 11.4 Å². The monoisotopic (exact) mass is 582 g/mol. The number of hydrogen-bond acceptors (Lipinski definition) is 12. The van der Waals surface area contributed by atoms with E-state index in [9.17, 15) is 26.8 Å². The summed E-state index contributed by atoms with van der Waals surface area (Å²) in [4.78, 5) is 24.5. The maximum Gasteiger partial charge on any atom is 1.00 e. The number of azo groups is 1. The van der Waals surface area contributed by atoms with Crippen LogP contribution in [-0.2, 0) is 44.0 Å². The molecule has 2 rings (SSSR count). The van der Waals surface area contributed by atoms with Crippen LogP contribution >= 0.6 is 0 Å². The number of hydrogen-bond donors (Lipinski definition) is 2. The zero-order valence-corrected chi connectivity index (χ0v) is 24.8. The van der Waals surface area contributed by atoms with Crippen molar-refractivity contribution < 1.29 is 70.0 Å². The second kappa shape index (κ2) is 14.8. The van der Waals surface area contributed by atoms with Gasteiger partial charge in [-0.2, -0.15) is 10.2 Å². The largest absolute Gasteiger partial charge is 1.00 e. The van der Waals surface area contributed by atoms with E-state index in [1.807, 2.05) is 0 Å². The van der Waals surface area contributed by atoms with Gasteiger partial charge in [0.2, 0.25) is 16.1 Å². The minimum atomic E-state index is -4.10. The number of ether oxygens (including phenoxy) is 2. The molecule has 1 unspecified atom stereocenters. The van der Waals surface area contributed by atoms with Crippen LogP contribution in [-0.4, -0.2) is 62.3 Å². The van der Waals surface area contributed by atoms with Crippen molar-refractivity contribution in [2.75, 3.05) is 32.7 Å². The number of carbonyl (C=O) groups excluding carboxylic acids is 2. The number of ketones is 1. The van der Waals surface area contributed by atoms with E-state index in [1.54, 1.807) is 18.2 Å². The number of sulfonamides is 1. The molecule has 0 aliphatic rings. The minimum absolute atomic E-state index is 0. The maximum atomic E-state index is 12.7. The van der Waals surface area contributed by atoms with Gasteiger partial charge in [0.25, 0.3) is 5.91 Å². The van der Waals surface area contributed by atoms with Crippen molar-refractivity contribution in [3.8, 4) is 11.5 Å². The topological polar surface area (TPSA) is 185 Å². The zero-order valence-electron chi connectivity index (χ0n) is 20.3. The zero-order chi connectivity index (χ0) is 26.9. The molecule has 0 radical (unpaired) electrons. The number of anilines is 1. The van der Waals surface area contributed by atoms with Gasteiger partial charge in [0.15, 0.2) is 5.78 Å². The summed E-state index contributed by atoms with van der Waals surface area (Å²) in [6.45, 7) is 0.388. The molecule has 2 N–H and O–H groups in total. The minimum Gasteiger partial charge on any atom is -0.748 e. The van der Waals surface area contributed by atoms with Crippen molar-refractivity contribution in [3.63, 3.8) is 0 Å². The summed E-state index contributed by atoms with van der Waals surface area (Å²) in [6, 6.07) is 8.27. The van der Waals surface area contributed by atoms with E-state index in [-0.39, 0.29) is 46.7 Å². The quantitative estimate of drug-likeness (QED) is 0.122. The summed E-state index contributed by atoms with van der Waals surface area (Å²) in [5.41, 5.74) is 0.470. The van der Waals surface area contributed by atoms with Gasteiger partial charge in [0, 0.05) is 12.6 Å². The van der Waals surface area contributed by atoms with Gasteiger partial charge in [-0.25, -0.2) is 17.3 Å². The van der Waals surface area contributed by atoms with Gasteiger partial charge in [-0.1, -0.05) is 0 Å². The number of Topliss-reactive ketones (excluding diaryl/α,β-unsaturated/α-hetero) is 1. The molecule has 1 amide bonds. The first kappa shape index (κ1) is 33.0. The molecule has 0 aliphatic carbocycles. The number of methoxy groups -OCH3 is 2. The smallest absolute Gasteiger partial charge is 0.748 e. The van der Waals surface area contributed by atoms with E-state index in [2.05, 4.69) is 35.6 Å². The Balaban J connectivity index is 0.00000684.